The first-order valence-electron chi connectivity index (χ1n) is 9.76. The van der Waals surface area contributed by atoms with Crippen LogP contribution in [0.25, 0.3) is 0 Å². The number of benzene rings is 2. The number of carbonyl (C=O) groups excluding carboxylic acids is 1. The van der Waals surface area contributed by atoms with E-state index in [1.165, 1.54) is 6.92 Å². The van der Waals surface area contributed by atoms with E-state index in [0.717, 1.165) is 17.7 Å². The van der Waals surface area contributed by atoms with Crippen molar-refractivity contribution in [3.05, 3.63) is 71.3 Å². The monoisotopic (exact) mass is 442 g/mol. The summed E-state index contributed by atoms with van der Waals surface area (Å²) in [6.07, 6.45) is -4.57. The van der Waals surface area contributed by atoms with E-state index in [-0.39, 0.29) is 25.2 Å². The summed E-state index contributed by atoms with van der Waals surface area (Å²) < 4.78 is 67.8. The van der Waals surface area contributed by atoms with Crippen molar-refractivity contribution in [1.82, 2.24) is 10.2 Å². The number of amides is 1. The summed E-state index contributed by atoms with van der Waals surface area (Å²) in [5, 5.41) is 12.8. The van der Waals surface area contributed by atoms with E-state index in [9.17, 15) is 31.9 Å². The van der Waals surface area contributed by atoms with Crippen LogP contribution in [0, 0.1) is 23.5 Å². The van der Waals surface area contributed by atoms with Crippen molar-refractivity contribution in [2.24, 2.45) is 11.8 Å². The van der Waals surface area contributed by atoms with E-state index in [2.05, 4.69) is 5.32 Å². The number of nitrogens with one attached hydrogen (secondary N) is 1. The van der Waals surface area contributed by atoms with Gasteiger partial charge in [0.1, 0.15) is 17.2 Å². The van der Waals surface area contributed by atoms with Crippen molar-refractivity contribution in [2.45, 2.75) is 25.2 Å². The lowest BCUT2D eigenvalue weighted by Gasteiger charge is -2.27. The highest BCUT2D eigenvalue weighted by Crippen LogP contribution is 2.38. The van der Waals surface area contributed by atoms with Crippen molar-refractivity contribution in [3.8, 4) is 0 Å². The minimum absolute atomic E-state index is 0.0992. The standard InChI is InChI=1S/C22H23F5N2O2/c1-21(31,17-8-7-15(23)9-19(17)24)13-28-20(30)16-11-29(12-18(16)22(25,26)27)10-14-5-3-2-4-6-14/h2-9,16,18,31H,10-13H2,1H3,(H,28,30)/t16-,18+,21+/m1/s1. The summed E-state index contributed by atoms with van der Waals surface area (Å²) in [6.45, 7) is 0.530. The van der Waals surface area contributed by atoms with E-state index in [4.69, 9.17) is 0 Å². The second kappa shape index (κ2) is 8.92. The van der Waals surface area contributed by atoms with Crippen molar-refractivity contribution < 1.29 is 31.9 Å². The van der Waals surface area contributed by atoms with Crippen LogP contribution in [0.4, 0.5) is 22.0 Å². The largest absolute Gasteiger partial charge is 0.393 e. The zero-order valence-electron chi connectivity index (χ0n) is 16.8. The molecule has 1 fully saturated rings. The Balaban J connectivity index is 1.69. The number of aliphatic hydroxyl groups is 1. The molecule has 0 spiro atoms. The number of likely N-dealkylation sites (tertiary alicyclic amines) is 1. The fourth-order valence-corrected chi connectivity index (χ4v) is 3.87. The fraction of sp³-hybridized carbons (Fsp3) is 0.409. The smallest absolute Gasteiger partial charge is 0.383 e. The highest BCUT2D eigenvalue weighted by atomic mass is 19.4. The molecule has 0 saturated carbocycles. The molecule has 9 heteroatoms. The molecule has 1 saturated heterocycles. The highest BCUT2D eigenvalue weighted by Gasteiger charge is 2.52. The Morgan fingerprint density at radius 3 is 2.42 bits per heavy atom. The van der Waals surface area contributed by atoms with Crippen LogP contribution in [0.5, 0.6) is 0 Å². The molecule has 1 amide bonds. The molecule has 2 aromatic carbocycles. The molecule has 2 aromatic rings. The molecule has 31 heavy (non-hydrogen) atoms. The summed E-state index contributed by atoms with van der Waals surface area (Å²) in [6, 6.07) is 11.5. The van der Waals surface area contributed by atoms with Gasteiger partial charge >= 0.3 is 6.18 Å². The Hall–Kier alpha value is -2.52. The predicted octanol–water partition coefficient (Wildman–Crippen LogP) is 3.60. The van der Waals surface area contributed by atoms with E-state index in [1.54, 1.807) is 35.2 Å². The van der Waals surface area contributed by atoms with Crippen LogP contribution in [-0.2, 0) is 16.9 Å². The number of alkyl halides is 3. The van der Waals surface area contributed by atoms with Gasteiger partial charge in [0.25, 0.3) is 0 Å². The minimum Gasteiger partial charge on any atom is -0.383 e. The zero-order valence-corrected chi connectivity index (χ0v) is 16.8. The molecule has 2 N–H and O–H groups in total. The first kappa shape index (κ1) is 23.1. The molecule has 1 aliphatic heterocycles. The van der Waals surface area contributed by atoms with E-state index in [1.807, 2.05) is 0 Å². The molecule has 0 aromatic heterocycles. The maximum absolute atomic E-state index is 14.0. The number of halogens is 5. The van der Waals surface area contributed by atoms with Crippen LogP contribution in [0.3, 0.4) is 0 Å². The van der Waals surface area contributed by atoms with Crippen LogP contribution in [-0.4, -0.2) is 41.7 Å². The molecule has 3 rings (SSSR count). The lowest BCUT2D eigenvalue weighted by atomic mass is 9.92. The first-order valence-corrected chi connectivity index (χ1v) is 9.76. The van der Waals surface area contributed by atoms with Gasteiger partial charge in [-0.15, -0.1) is 0 Å². The second-order valence-electron chi connectivity index (χ2n) is 8.05. The Bertz CT molecular complexity index is 918. The van der Waals surface area contributed by atoms with E-state index in [0.29, 0.717) is 6.07 Å². The number of hydrogen-bond donors (Lipinski definition) is 2. The number of hydrogen-bond acceptors (Lipinski definition) is 3. The Labute approximate surface area is 176 Å². The van der Waals surface area contributed by atoms with Gasteiger partial charge in [-0.25, -0.2) is 8.78 Å². The molecule has 168 valence electrons. The number of nitrogens with zero attached hydrogens (tertiary/aromatic N) is 1. The number of carbonyl (C=O) groups is 1. The van der Waals surface area contributed by atoms with Gasteiger partial charge in [-0.1, -0.05) is 36.4 Å². The predicted molar refractivity (Wildman–Crippen MR) is 104 cm³/mol. The molecule has 1 heterocycles. The third kappa shape index (κ3) is 5.59. The maximum Gasteiger partial charge on any atom is 0.393 e. The molecule has 0 aliphatic carbocycles. The molecule has 1 aliphatic rings. The lowest BCUT2D eigenvalue weighted by Crippen LogP contribution is -2.45. The molecule has 0 unspecified atom stereocenters. The normalized spacial score (nSPS) is 21.6. The molecule has 4 nitrogen and oxygen atoms in total. The van der Waals surface area contributed by atoms with Gasteiger partial charge in [0.05, 0.1) is 18.4 Å². The maximum atomic E-state index is 14.0. The second-order valence-corrected chi connectivity index (χ2v) is 8.05. The highest BCUT2D eigenvalue weighted by molar-refractivity contribution is 5.79. The Kier molecular flexibility index (Phi) is 6.66. The molecular weight excluding hydrogens is 419 g/mol. The average Bonchev–Trinajstić information content (AvgIpc) is 3.11. The van der Waals surface area contributed by atoms with Gasteiger partial charge in [0.15, 0.2) is 0 Å². The van der Waals surface area contributed by atoms with Crippen LogP contribution in [0.1, 0.15) is 18.1 Å². The van der Waals surface area contributed by atoms with Crippen LogP contribution < -0.4 is 5.32 Å². The van der Waals surface area contributed by atoms with Crippen LogP contribution in [0.2, 0.25) is 0 Å². The first-order chi connectivity index (χ1) is 14.5. The Morgan fingerprint density at radius 1 is 1.13 bits per heavy atom. The summed E-state index contributed by atoms with van der Waals surface area (Å²) in [7, 11) is 0. The van der Waals surface area contributed by atoms with E-state index < -0.39 is 47.7 Å². The molecule has 3 atom stereocenters. The quantitative estimate of drug-likeness (QED) is 0.673. The van der Waals surface area contributed by atoms with E-state index >= 15 is 0 Å². The van der Waals surface area contributed by atoms with Crippen LogP contribution in [0.15, 0.2) is 48.5 Å². The van der Waals surface area contributed by atoms with Crippen LogP contribution >= 0.6 is 0 Å². The summed E-state index contributed by atoms with van der Waals surface area (Å²) >= 11 is 0. The van der Waals surface area contributed by atoms with Gasteiger partial charge in [-0.05, 0) is 18.6 Å². The zero-order chi connectivity index (χ0) is 22.8. The van der Waals surface area contributed by atoms with Gasteiger partial charge in [-0.2, -0.15) is 13.2 Å². The van der Waals surface area contributed by atoms with Crippen molar-refractivity contribution in [3.63, 3.8) is 0 Å². The van der Waals surface area contributed by atoms with Gasteiger partial charge in [0, 0.05) is 31.3 Å². The SMILES string of the molecule is C[C@](O)(CNC(=O)[C@@H]1CN(Cc2ccccc2)C[C@@H]1C(F)(F)F)c1ccc(F)cc1F. The van der Waals surface area contributed by atoms with Gasteiger partial charge < -0.3 is 10.4 Å². The molecule has 0 bridgehead atoms. The Morgan fingerprint density at radius 2 is 1.81 bits per heavy atom. The van der Waals surface area contributed by atoms with Gasteiger partial charge in [0.2, 0.25) is 5.91 Å². The van der Waals surface area contributed by atoms with Gasteiger partial charge in [-0.3, -0.25) is 9.69 Å². The molecular formula is C22H23F5N2O2. The topological polar surface area (TPSA) is 52.6 Å². The summed E-state index contributed by atoms with van der Waals surface area (Å²) in [5.74, 6) is -5.94. The summed E-state index contributed by atoms with van der Waals surface area (Å²) in [5.41, 5.74) is -1.36. The minimum atomic E-state index is -4.57. The lowest BCUT2D eigenvalue weighted by molar-refractivity contribution is -0.183. The third-order valence-electron chi connectivity index (χ3n) is 5.52. The third-order valence-corrected chi connectivity index (χ3v) is 5.52. The average molecular weight is 442 g/mol. The summed E-state index contributed by atoms with van der Waals surface area (Å²) in [4.78, 5) is 14.2. The fourth-order valence-electron chi connectivity index (χ4n) is 3.87. The van der Waals surface area contributed by atoms with Crippen molar-refractivity contribution in [2.75, 3.05) is 19.6 Å². The van der Waals surface area contributed by atoms with Crippen molar-refractivity contribution >= 4 is 5.91 Å². The number of rotatable bonds is 6. The molecule has 0 radical (unpaired) electrons. The van der Waals surface area contributed by atoms with Crippen molar-refractivity contribution in [1.29, 1.82) is 0 Å².